The quantitative estimate of drug-likeness (QED) is 0.714. The van der Waals surface area contributed by atoms with Crippen molar-refractivity contribution in [1.29, 1.82) is 0 Å². The molecule has 4 rings (SSSR count). The lowest BCUT2D eigenvalue weighted by molar-refractivity contribution is -0.125. The Kier molecular flexibility index (Phi) is 5.55. The van der Waals surface area contributed by atoms with Crippen LogP contribution < -0.4 is 10.2 Å². The van der Waals surface area contributed by atoms with Crippen LogP contribution in [-0.4, -0.2) is 29.2 Å². The number of carbonyl (C=O) groups excluding carboxylic acids is 1. The highest BCUT2D eigenvalue weighted by Crippen LogP contribution is 2.24. The van der Waals surface area contributed by atoms with Crippen molar-refractivity contribution in [2.24, 2.45) is 5.92 Å². The molecule has 150 valence electrons. The molecule has 0 bridgehead atoms. The maximum Gasteiger partial charge on any atom is 0.223 e. The predicted molar refractivity (Wildman–Crippen MR) is 108 cm³/mol. The van der Waals surface area contributed by atoms with Gasteiger partial charge in [-0.25, -0.2) is 4.39 Å². The predicted octanol–water partition coefficient (Wildman–Crippen LogP) is 3.72. The molecule has 0 saturated carbocycles. The summed E-state index contributed by atoms with van der Waals surface area (Å²) in [5.41, 5.74) is 1.53. The number of amides is 1. The van der Waals surface area contributed by atoms with Crippen LogP contribution in [0.1, 0.15) is 24.4 Å². The SMILES string of the molecule is Cc1ccc(CNC(=O)C2CCN(c3ccc(-c4ccc(F)cc4)nn3)CC2)o1. The second kappa shape index (κ2) is 8.43. The second-order valence-electron chi connectivity index (χ2n) is 7.28. The Hall–Kier alpha value is -3.22. The number of halogens is 1. The lowest BCUT2D eigenvalue weighted by atomic mass is 9.96. The summed E-state index contributed by atoms with van der Waals surface area (Å²) in [6, 6.07) is 13.8. The molecular formula is C22H23FN4O2. The average Bonchev–Trinajstić information content (AvgIpc) is 3.18. The van der Waals surface area contributed by atoms with Gasteiger partial charge in [0.15, 0.2) is 5.82 Å². The monoisotopic (exact) mass is 394 g/mol. The van der Waals surface area contributed by atoms with Gasteiger partial charge in [0.05, 0.1) is 12.2 Å². The van der Waals surface area contributed by atoms with Gasteiger partial charge in [0.2, 0.25) is 5.91 Å². The zero-order valence-corrected chi connectivity index (χ0v) is 16.3. The van der Waals surface area contributed by atoms with Crippen LogP contribution in [-0.2, 0) is 11.3 Å². The van der Waals surface area contributed by atoms with Crippen molar-refractivity contribution in [3.63, 3.8) is 0 Å². The van der Waals surface area contributed by atoms with E-state index < -0.39 is 0 Å². The van der Waals surface area contributed by atoms with Gasteiger partial charge in [0, 0.05) is 24.6 Å². The van der Waals surface area contributed by atoms with E-state index in [0.29, 0.717) is 12.2 Å². The lowest BCUT2D eigenvalue weighted by Gasteiger charge is -2.31. The van der Waals surface area contributed by atoms with Crippen LogP contribution in [0.3, 0.4) is 0 Å². The Labute approximate surface area is 168 Å². The first-order chi connectivity index (χ1) is 14.1. The van der Waals surface area contributed by atoms with E-state index in [0.717, 1.165) is 48.8 Å². The maximum absolute atomic E-state index is 13.1. The van der Waals surface area contributed by atoms with Gasteiger partial charge in [-0.1, -0.05) is 0 Å². The van der Waals surface area contributed by atoms with Crippen LogP contribution in [0.5, 0.6) is 0 Å². The first-order valence-corrected chi connectivity index (χ1v) is 9.76. The molecule has 0 spiro atoms. The normalized spacial score (nSPS) is 14.8. The van der Waals surface area contributed by atoms with Crippen molar-refractivity contribution >= 4 is 11.7 Å². The minimum atomic E-state index is -0.274. The highest BCUT2D eigenvalue weighted by atomic mass is 19.1. The van der Waals surface area contributed by atoms with Crippen molar-refractivity contribution in [2.75, 3.05) is 18.0 Å². The Bertz CT molecular complexity index is 961. The van der Waals surface area contributed by atoms with E-state index in [4.69, 9.17) is 4.42 Å². The van der Waals surface area contributed by atoms with Crippen molar-refractivity contribution in [1.82, 2.24) is 15.5 Å². The molecule has 1 aliphatic rings. The summed E-state index contributed by atoms with van der Waals surface area (Å²) in [6.45, 7) is 3.81. The summed E-state index contributed by atoms with van der Waals surface area (Å²) in [5, 5.41) is 11.5. The zero-order valence-electron chi connectivity index (χ0n) is 16.3. The second-order valence-corrected chi connectivity index (χ2v) is 7.28. The number of hydrogen-bond acceptors (Lipinski definition) is 5. The largest absolute Gasteiger partial charge is 0.465 e. The number of nitrogens with zero attached hydrogens (tertiary/aromatic N) is 3. The van der Waals surface area contributed by atoms with Crippen LogP contribution in [0.2, 0.25) is 0 Å². The number of carbonyl (C=O) groups is 1. The van der Waals surface area contributed by atoms with Crippen LogP contribution in [0, 0.1) is 18.7 Å². The van der Waals surface area contributed by atoms with Gasteiger partial charge >= 0.3 is 0 Å². The van der Waals surface area contributed by atoms with Crippen LogP contribution in [0.4, 0.5) is 10.2 Å². The van der Waals surface area contributed by atoms with E-state index in [1.54, 1.807) is 12.1 Å². The summed E-state index contributed by atoms with van der Waals surface area (Å²) >= 11 is 0. The third kappa shape index (κ3) is 4.62. The molecule has 1 fully saturated rings. The highest BCUT2D eigenvalue weighted by Gasteiger charge is 2.25. The van der Waals surface area contributed by atoms with Crippen molar-refractivity contribution < 1.29 is 13.6 Å². The molecule has 1 aromatic carbocycles. The molecule has 3 aromatic rings. The molecule has 6 nitrogen and oxygen atoms in total. The van der Waals surface area contributed by atoms with Gasteiger partial charge in [-0.15, -0.1) is 10.2 Å². The molecule has 7 heteroatoms. The number of furan rings is 1. The molecule has 1 N–H and O–H groups in total. The standard InChI is InChI=1S/C22H23FN4O2/c1-15-2-7-19(29-15)14-24-22(28)17-10-12-27(13-11-17)21-9-8-20(25-26-21)16-3-5-18(23)6-4-16/h2-9,17H,10-14H2,1H3,(H,24,28). The van der Waals surface area contributed by atoms with Gasteiger partial charge in [0.1, 0.15) is 17.3 Å². The van der Waals surface area contributed by atoms with Crippen molar-refractivity contribution in [3.05, 3.63) is 65.9 Å². The number of aryl methyl sites for hydroxylation is 1. The Morgan fingerprint density at radius 1 is 1.10 bits per heavy atom. The smallest absolute Gasteiger partial charge is 0.223 e. The van der Waals surface area contributed by atoms with E-state index in [1.165, 1.54) is 12.1 Å². The lowest BCUT2D eigenvalue weighted by Crippen LogP contribution is -2.40. The average molecular weight is 394 g/mol. The molecule has 0 aliphatic carbocycles. The van der Waals surface area contributed by atoms with E-state index in [-0.39, 0.29) is 17.6 Å². The highest BCUT2D eigenvalue weighted by molar-refractivity contribution is 5.78. The van der Waals surface area contributed by atoms with E-state index in [1.807, 2.05) is 31.2 Å². The number of aromatic nitrogens is 2. The molecule has 29 heavy (non-hydrogen) atoms. The van der Waals surface area contributed by atoms with Crippen LogP contribution in [0.15, 0.2) is 52.9 Å². The number of hydrogen-bond donors (Lipinski definition) is 1. The molecule has 1 aliphatic heterocycles. The summed E-state index contributed by atoms with van der Waals surface area (Å²) in [7, 11) is 0. The fourth-order valence-electron chi connectivity index (χ4n) is 3.54. The molecule has 0 unspecified atom stereocenters. The number of anilines is 1. The fourth-order valence-corrected chi connectivity index (χ4v) is 3.54. The number of piperidine rings is 1. The van der Waals surface area contributed by atoms with Crippen LogP contribution in [0.25, 0.3) is 11.3 Å². The van der Waals surface area contributed by atoms with Gasteiger partial charge in [-0.3, -0.25) is 4.79 Å². The summed E-state index contributed by atoms with van der Waals surface area (Å²) in [6.07, 6.45) is 1.54. The Morgan fingerprint density at radius 2 is 1.86 bits per heavy atom. The first-order valence-electron chi connectivity index (χ1n) is 9.76. The van der Waals surface area contributed by atoms with E-state index in [9.17, 15) is 9.18 Å². The zero-order chi connectivity index (χ0) is 20.2. The van der Waals surface area contributed by atoms with Gasteiger partial charge in [0.25, 0.3) is 0 Å². The molecule has 3 heterocycles. The van der Waals surface area contributed by atoms with Crippen molar-refractivity contribution in [3.8, 4) is 11.3 Å². The third-order valence-corrected chi connectivity index (χ3v) is 5.21. The molecule has 1 amide bonds. The molecule has 0 radical (unpaired) electrons. The summed E-state index contributed by atoms with van der Waals surface area (Å²) < 4.78 is 18.5. The fraction of sp³-hybridized carbons (Fsp3) is 0.318. The Balaban J connectivity index is 1.29. The minimum Gasteiger partial charge on any atom is -0.465 e. The van der Waals surface area contributed by atoms with E-state index >= 15 is 0 Å². The Morgan fingerprint density at radius 3 is 2.48 bits per heavy atom. The third-order valence-electron chi connectivity index (χ3n) is 5.21. The number of nitrogens with one attached hydrogen (secondary N) is 1. The first kappa shape index (κ1) is 19.1. The van der Waals surface area contributed by atoms with Gasteiger partial charge in [-0.05, 0) is 68.3 Å². The van der Waals surface area contributed by atoms with Crippen LogP contribution >= 0.6 is 0 Å². The number of benzene rings is 1. The van der Waals surface area contributed by atoms with Gasteiger partial charge in [-0.2, -0.15) is 0 Å². The molecular weight excluding hydrogens is 371 g/mol. The number of rotatable bonds is 5. The molecule has 2 aromatic heterocycles. The summed E-state index contributed by atoms with van der Waals surface area (Å²) in [5.74, 6) is 2.19. The topological polar surface area (TPSA) is 71.3 Å². The molecule has 0 atom stereocenters. The summed E-state index contributed by atoms with van der Waals surface area (Å²) in [4.78, 5) is 14.6. The molecule has 1 saturated heterocycles. The minimum absolute atomic E-state index is 0.00578. The van der Waals surface area contributed by atoms with Crippen molar-refractivity contribution in [2.45, 2.75) is 26.3 Å². The maximum atomic E-state index is 13.1. The van der Waals surface area contributed by atoms with E-state index in [2.05, 4.69) is 20.4 Å². The van der Waals surface area contributed by atoms with Gasteiger partial charge < -0.3 is 14.6 Å².